The second-order valence-corrected chi connectivity index (χ2v) is 4.25. The number of esters is 1. The molecule has 0 amide bonds. The topological polar surface area (TPSA) is 72.8 Å². The van der Waals surface area contributed by atoms with Crippen LogP contribution in [0, 0.1) is 5.82 Å². The molecule has 0 aliphatic carbocycles. The highest BCUT2D eigenvalue weighted by Gasteiger charge is 2.32. The molecule has 1 atom stereocenters. The highest BCUT2D eigenvalue weighted by molar-refractivity contribution is 5.94. The van der Waals surface area contributed by atoms with Gasteiger partial charge in [-0.1, -0.05) is 0 Å². The van der Waals surface area contributed by atoms with E-state index >= 15 is 0 Å². The first-order valence-electron chi connectivity index (χ1n) is 5.52. The van der Waals surface area contributed by atoms with Gasteiger partial charge in [0.1, 0.15) is 18.2 Å². The Morgan fingerprint density at radius 3 is 2.53 bits per heavy atom. The average Bonchev–Trinajstić information content (AvgIpc) is 2.35. The van der Waals surface area contributed by atoms with Gasteiger partial charge in [-0.05, 0) is 26.0 Å². The molecule has 0 saturated heterocycles. The summed E-state index contributed by atoms with van der Waals surface area (Å²) in [4.78, 5) is 22.2. The average molecular weight is 270 g/mol. The number of ketones is 1. The van der Waals surface area contributed by atoms with E-state index in [1.54, 1.807) is 0 Å². The van der Waals surface area contributed by atoms with E-state index in [1.807, 2.05) is 0 Å². The minimum absolute atomic E-state index is 0.0490. The van der Waals surface area contributed by atoms with Crippen molar-refractivity contribution in [2.24, 2.45) is 0 Å². The van der Waals surface area contributed by atoms with Gasteiger partial charge in [-0.15, -0.1) is 0 Å². The number of carbonyl (C=O) groups excluding carboxylic acids is 2. The highest BCUT2D eigenvalue weighted by Crippen LogP contribution is 2.18. The van der Waals surface area contributed by atoms with Gasteiger partial charge in [0, 0.05) is 6.07 Å². The summed E-state index contributed by atoms with van der Waals surface area (Å²) in [5.74, 6) is -1.87. The van der Waals surface area contributed by atoms with Crippen LogP contribution >= 0.6 is 0 Å². The Morgan fingerprint density at radius 1 is 1.42 bits per heavy atom. The zero-order chi connectivity index (χ0) is 14.6. The van der Waals surface area contributed by atoms with Crippen LogP contribution in [0.25, 0.3) is 0 Å². The van der Waals surface area contributed by atoms with Gasteiger partial charge in [0.25, 0.3) is 0 Å². The molecule has 1 rings (SSSR count). The quantitative estimate of drug-likeness (QED) is 0.645. The molecule has 0 aliphatic heterocycles. The van der Waals surface area contributed by atoms with Crippen LogP contribution in [0.2, 0.25) is 0 Å². The SMILES string of the molecule is COC(=O)C(C)(O)COc1ccc(C(C)=O)c(F)c1. The maximum atomic E-state index is 13.5. The minimum atomic E-state index is -1.83. The number of benzene rings is 1. The van der Waals surface area contributed by atoms with Gasteiger partial charge in [0.05, 0.1) is 12.7 Å². The van der Waals surface area contributed by atoms with E-state index in [4.69, 9.17) is 4.74 Å². The number of aliphatic hydroxyl groups is 1. The van der Waals surface area contributed by atoms with Crippen LogP contribution < -0.4 is 4.74 Å². The van der Waals surface area contributed by atoms with Crippen molar-refractivity contribution in [2.45, 2.75) is 19.4 Å². The molecule has 1 aromatic carbocycles. The second kappa shape index (κ2) is 5.79. The van der Waals surface area contributed by atoms with Gasteiger partial charge < -0.3 is 14.6 Å². The lowest BCUT2D eigenvalue weighted by Gasteiger charge is -2.20. The summed E-state index contributed by atoms with van der Waals surface area (Å²) in [6.45, 7) is 2.08. The van der Waals surface area contributed by atoms with Crippen molar-refractivity contribution in [2.75, 3.05) is 13.7 Å². The molecule has 5 nitrogen and oxygen atoms in total. The molecule has 1 aromatic rings. The smallest absolute Gasteiger partial charge is 0.341 e. The molecule has 6 heteroatoms. The van der Waals surface area contributed by atoms with Gasteiger partial charge >= 0.3 is 5.97 Å². The van der Waals surface area contributed by atoms with Crippen molar-refractivity contribution in [3.63, 3.8) is 0 Å². The summed E-state index contributed by atoms with van der Waals surface area (Å²) in [6.07, 6.45) is 0. The van der Waals surface area contributed by atoms with Crippen LogP contribution in [-0.4, -0.2) is 36.2 Å². The van der Waals surface area contributed by atoms with Crippen LogP contribution in [0.3, 0.4) is 0 Å². The first-order chi connectivity index (χ1) is 8.77. The van der Waals surface area contributed by atoms with E-state index in [2.05, 4.69) is 4.74 Å². The van der Waals surface area contributed by atoms with Crippen LogP contribution in [0.4, 0.5) is 4.39 Å². The summed E-state index contributed by atoms with van der Waals surface area (Å²) in [5, 5.41) is 9.71. The number of hydrogen-bond donors (Lipinski definition) is 1. The van der Waals surface area contributed by atoms with Crippen LogP contribution in [0.15, 0.2) is 18.2 Å². The molecule has 1 N–H and O–H groups in total. The second-order valence-electron chi connectivity index (χ2n) is 4.25. The van der Waals surface area contributed by atoms with Crippen LogP contribution in [0.5, 0.6) is 5.75 Å². The third-order valence-corrected chi connectivity index (χ3v) is 2.46. The predicted molar refractivity (Wildman–Crippen MR) is 64.5 cm³/mol. The molecule has 0 spiro atoms. The molecule has 0 fully saturated rings. The lowest BCUT2D eigenvalue weighted by atomic mass is 10.1. The van der Waals surface area contributed by atoms with Crippen LogP contribution in [-0.2, 0) is 9.53 Å². The molecular formula is C13H15FO5. The lowest BCUT2D eigenvalue weighted by molar-refractivity contribution is -0.163. The number of rotatable bonds is 5. The van der Waals surface area contributed by atoms with E-state index in [-0.39, 0.29) is 11.3 Å². The molecular weight excluding hydrogens is 255 g/mol. The van der Waals surface area contributed by atoms with Crippen molar-refractivity contribution in [1.82, 2.24) is 0 Å². The Labute approximate surface area is 109 Å². The van der Waals surface area contributed by atoms with Crippen molar-refractivity contribution >= 4 is 11.8 Å². The summed E-state index contributed by atoms with van der Waals surface area (Å²) < 4.78 is 23.0. The molecule has 0 saturated carbocycles. The Hall–Kier alpha value is -1.95. The van der Waals surface area contributed by atoms with E-state index < -0.39 is 29.8 Å². The van der Waals surface area contributed by atoms with Gasteiger partial charge in [-0.25, -0.2) is 9.18 Å². The molecule has 1 unspecified atom stereocenters. The maximum Gasteiger partial charge on any atom is 0.341 e. The largest absolute Gasteiger partial charge is 0.490 e. The fourth-order valence-corrected chi connectivity index (χ4v) is 1.37. The van der Waals surface area contributed by atoms with Crippen LogP contribution in [0.1, 0.15) is 24.2 Å². The summed E-state index contributed by atoms with van der Waals surface area (Å²) in [7, 11) is 1.14. The monoisotopic (exact) mass is 270 g/mol. The number of halogens is 1. The number of hydrogen-bond acceptors (Lipinski definition) is 5. The highest BCUT2D eigenvalue weighted by atomic mass is 19.1. The summed E-state index contributed by atoms with van der Waals surface area (Å²) >= 11 is 0. The van der Waals surface area contributed by atoms with Crippen molar-refractivity contribution in [1.29, 1.82) is 0 Å². The molecule has 0 heterocycles. The number of carbonyl (C=O) groups is 2. The molecule has 0 bridgehead atoms. The molecule has 0 aliphatic rings. The van der Waals surface area contributed by atoms with Gasteiger partial charge in [0.15, 0.2) is 11.4 Å². The molecule has 0 radical (unpaired) electrons. The fraction of sp³-hybridized carbons (Fsp3) is 0.385. The zero-order valence-corrected chi connectivity index (χ0v) is 10.9. The fourth-order valence-electron chi connectivity index (χ4n) is 1.37. The standard InChI is InChI=1S/C13H15FO5/c1-8(15)10-5-4-9(6-11(10)14)19-7-13(2,17)12(16)18-3/h4-6,17H,7H2,1-3H3. The predicted octanol–water partition coefficient (Wildman–Crippen LogP) is 1.33. The number of ether oxygens (including phenoxy) is 2. The molecule has 104 valence electrons. The van der Waals surface area contributed by atoms with E-state index in [0.717, 1.165) is 13.2 Å². The normalized spacial score (nSPS) is 13.5. The van der Waals surface area contributed by atoms with Crippen molar-refractivity contribution in [3.8, 4) is 5.75 Å². The Morgan fingerprint density at radius 2 is 2.05 bits per heavy atom. The first kappa shape index (κ1) is 15.1. The third kappa shape index (κ3) is 3.75. The Bertz CT molecular complexity index is 496. The maximum absolute atomic E-state index is 13.5. The minimum Gasteiger partial charge on any atom is -0.490 e. The van der Waals surface area contributed by atoms with Crippen molar-refractivity contribution < 1.29 is 28.6 Å². The number of methoxy groups -OCH3 is 1. The van der Waals surface area contributed by atoms with Gasteiger partial charge in [-0.2, -0.15) is 0 Å². The first-order valence-corrected chi connectivity index (χ1v) is 5.52. The lowest BCUT2D eigenvalue weighted by Crippen LogP contribution is -2.42. The third-order valence-electron chi connectivity index (χ3n) is 2.46. The Balaban J connectivity index is 2.77. The van der Waals surface area contributed by atoms with Gasteiger partial charge in [-0.3, -0.25) is 4.79 Å². The van der Waals surface area contributed by atoms with E-state index in [0.29, 0.717) is 0 Å². The summed E-state index contributed by atoms with van der Waals surface area (Å²) in [6, 6.07) is 3.68. The Kier molecular flexibility index (Phi) is 4.61. The number of Topliss-reactive ketones (excluding diaryl/α,β-unsaturated/α-hetero) is 1. The zero-order valence-electron chi connectivity index (χ0n) is 10.9. The summed E-state index contributed by atoms with van der Waals surface area (Å²) in [5.41, 5.74) is -1.88. The van der Waals surface area contributed by atoms with E-state index in [9.17, 15) is 19.1 Å². The molecule has 0 aromatic heterocycles. The van der Waals surface area contributed by atoms with Crippen molar-refractivity contribution in [3.05, 3.63) is 29.6 Å². The van der Waals surface area contributed by atoms with E-state index in [1.165, 1.54) is 26.0 Å². The molecule has 19 heavy (non-hydrogen) atoms. The van der Waals surface area contributed by atoms with Gasteiger partial charge in [0.2, 0.25) is 0 Å².